The van der Waals surface area contributed by atoms with Crippen molar-refractivity contribution in [3.63, 3.8) is 0 Å². The molecule has 2 N–H and O–H groups in total. The predicted octanol–water partition coefficient (Wildman–Crippen LogP) is 1.08. The van der Waals surface area contributed by atoms with Crippen LogP contribution >= 0.6 is 0 Å². The maximum atomic E-state index is 10.3. The Bertz CT molecular complexity index is 296. The third-order valence-corrected chi connectivity index (χ3v) is 1.51. The molecule has 1 aromatic rings. The number of carbonyl (C=O) groups excluding carboxylic acids is 1. The molecule has 3 nitrogen and oxygen atoms in total. The fraction of sp³-hybridized carbons (Fsp3) is 0.111. The van der Waals surface area contributed by atoms with Crippen LogP contribution in [0.1, 0.15) is 22.2 Å². The van der Waals surface area contributed by atoms with Crippen LogP contribution in [0.5, 0.6) is 0 Å². The maximum absolute atomic E-state index is 10.3. The Kier molecular flexibility index (Phi) is 2.71. The van der Waals surface area contributed by atoms with Crippen LogP contribution in [0.3, 0.4) is 0 Å². The molecule has 0 bridgehead atoms. The van der Waals surface area contributed by atoms with Crippen molar-refractivity contribution >= 4 is 6.29 Å². The molecule has 1 heterocycles. The Morgan fingerprint density at radius 3 is 2.92 bits per heavy atom. The molecule has 1 atom stereocenters. The quantitative estimate of drug-likeness (QED) is 0.534. The summed E-state index contributed by atoms with van der Waals surface area (Å²) in [5.74, 6) is 0. The summed E-state index contributed by atoms with van der Waals surface area (Å²) in [6.45, 7) is 3.54. The smallest absolute Gasteiger partial charge is 0.168 e. The molecule has 0 amide bonds. The Balaban J connectivity index is 3.00. The summed E-state index contributed by atoms with van der Waals surface area (Å²) in [6, 6.07) is 4.84. The van der Waals surface area contributed by atoms with Crippen LogP contribution in [-0.2, 0) is 0 Å². The highest BCUT2D eigenvalue weighted by Crippen LogP contribution is 2.07. The van der Waals surface area contributed by atoms with E-state index < -0.39 is 0 Å². The zero-order chi connectivity index (χ0) is 8.97. The summed E-state index contributed by atoms with van der Waals surface area (Å²) in [4.78, 5) is 14.3. The zero-order valence-corrected chi connectivity index (χ0v) is 6.60. The van der Waals surface area contributed by atoms with Gasteiger partial charge in [0.05, 0.1) is 11.7 Å². The molecule has 12 heavy (non-hydrogen) atoms. The molecule has 0 fully saturated rings. The first-order valence-electron chi connectivity index (χ1n) is 3.58. The van der Waals surface area contributed by atoms with E-state index >= 15 is 0 Å². The first-order chi connectivity index (χ1) is 5.77. The highest BCUT2D eigenvalue weighted by molar-refractivity contribution is 5.71. The summed E-state index contributed by atoms with van der Waals surface area (Å²) < 4.78 is 0. The highest BCUT2D eigenvalue weighted by atomic mass is 16.1. The van der Waals surface area contributed by atoms with E-state index in [9.17, 15) is 4.79 Å². The van der Waals surface area contributed by atoms with Gasteiger partial charge in [-0.15, -0.1) is 6.58 Å². The van der Waals surface area contributed by atoms with Crippen LogP contribution < -0.4 is 5.73 Å². The summed E-state index contributed by atoms with van der Waals surface area (Å²) in [6.07, 6.45) is 2.27. The van der Waals surface area contributed by atoms with Gasteiger partial charge in [0.25, 0.3) is 0 Å². The number of nitrogens with two attached hydrogens (primary N) is 1. The molecule has 0 aromatic carbocycles. The number of pyridine rings is 1. The van der Waals surface area contributed by atoms with E-state index in [0.717, 1.165) is 0 Å². The molecule has 0 saturated heterocycles. The van der Waals surface area contributed by atoms with Gasteiger partial charge in [-0.3, -0.25) is 4.79 Å². The number of hydrogen-bond donors (Lipinski definition) is 1. The van der Waals surface area contributed by atoms with Gasteiger partial charge in [-0.1, -0.05) is 12.1 Å². The van der Waals surface area contributed by atoms with Gasteiger partial charge in [-0.25, -0.2) is 4.98 Å². The van der Waals surface area contributed by atoms with Gasteiger partial charge in [0.15, 0.2) is 6.29 Å². The third-order valence-electron chi connectivity index (χ3n) is 1.51. The molecule has 1 rings (SSSR count). The Hall–Kier alpha value is -1.48. The van der Waals surface area contributed by atoms with Gasteiger partial charge in [-0.05, 0) is 12.1 Å². The predicted molar refractivity (Wildman–Crippen MR) is 46.7 cm³/mol. The van der Waals surface area contributed by atoms with E-state index in [1.165, 1.54) is 0 Å². The maximum Gasteiger partial charge on any atom is 0.168 e. The zero-order valence-electron chi connectivity index (χ0n) is 6.60. The second kappa shape index (κ2) is 3.78. The molecule has 0 saturated carbocycles. The molecule has 0 aliphatic heterocycles. The Morgan fingerprint density at radius 2 is 2.33 bits per heavy atom. The van der Waals surface area contributed by atoms with Crippen molar-refractivity contribution in [2.75, 3.05) is 0 Å². The number of rotatable bonds is 3. The first kappa shape index (κ1) is 8.62. The molecule has 3 heteroatoms. The number of aldehydes is 1. The fourth-order valence-electron chi connectivity index (χ4n) is 0.841. The largest absolute Gasteiger partial charge is 0.319 e. The molecule has 0 aliphatic rings. The summed E-state index contributed by atoms with van der Waals surface area (Å²) >= 11 is 0. The number of hydrogen-bond acceptors (Lipinski definition) is 3. The van der Waals surface area contributed by atoms with E-state index in [1.807, 2.05) is 0 Å². The van der Waals surface area contributed by atoms with Crippen molar-refractivity contribution in [2.45, 2.75) is 6.04 Å². The van der Waals surface area contributed by atoms with Gasteiger partial charge in [0, 0.05) is 0 Å². The molecular formula is C9H10N2O. The van der Waals surface area contributed by atoms with Crippen LogP contribution in [0.2, 0.25) is 0 Å². The first-order valence-corrected chi connectivity index (χ1v) is 3.58. The lowest BCUT2D eigenvalue weighted by atomic mass is 10.2. The number of aromatic nitrogens is 1. The number of carbonyl (C=O) groups is 1. The number of nitrogens with zero attached hydrogens (tertiary/aromatic N) is 1. The lowest BCUT2D eigenvalue weighted by Gasteiger charge is -2.04. The van der Waals surface area contributed by atoms with Crippen molar-refractivity contribution in [3.05, 3.63) is 42.2 Å². The monoisotopic (exact) mass is 162 g/mol. The Labute approximate surface area is 70.9 Å². The van der Waals surface area contributed by atoms with Crippen LogP contribution in [-0.4, -0.2) is 11.3 Å². The van der Waals surface area contributed by atoms with Crippen LogP contribution in [0, 0.1) is 0 Å². The van der Waals surface area contributed by atoms with Crippen molar-refractivity contribution in [3.8, 4) is 0 Å². The molecule has 0 radical (unpaired) electrons. The highest BCUT2D eigenvalue weighted by Gasteiger charge is 2.02. The van der Waals surface area contributed by atoms with Crippen molar-refractivity contribution in [2.24, 2.45) is 5.73 Å². The molecular weight excluding hydrogens is 152 g/mol. The lowest BCUT2D eigenvalue weighted by Crippen LogP contribution is -2.09. The van der Waals surface area contributed by atoms with E-state index in [0.29, 0.717) is 17.7 Å². The normalized spacial score (nSPS) is 12.1. The van der Waals surface area contributed by atoms with Crippen molar-refractivity contribution in [1.82, 2.24) is 4.98 Å². The molecule has 0 aliphatic carbocycles. The minimum atomic E-state index is -0.301. The molecule has 0 spiro atoms. The molecule has 1 aromatic heterocycles. The average Bonchev–Trinajstić information content (AvgIpc) is 2.17. The van der Waals surface area contributed by atoms with E-state index in [2.05, 4.69) is 11.6 Å². The summed E-state index contributed by atoms with van der Waals surface area (Å²) in [5.41, 5.74) is 6.68. The van der Waals surface area contributed by atoms with E-state index in [4.69, 9.17) is 5.73 Å². The molecule has 62 valence electrons. The van der Waals surface area contributed by atoms with E-state index in [1.54, 1.807) is 24.3 Å². The minimum absolute atomic E-state index is 0.301. The van der Waals surface area contributed by atoms with Gasteiger partial charge in [0.1, 0.15) is 5.69 Å². The second-order valence-corrected chi connectivity index (χ2v) is 2.37. The summed E-state index contributed by atoms with van der Waals surface area (Å²) in [5, 5.41) is 0. The topological polar surface area (TPSA) is 56.0 Å². The van der Waals surface area contributed by atoms with Gasteiger partial charge in [0.2, 0.25) is 0 Å². The second-order valence-electron chi connectivity index (χ2n) is 2.37. The standard InChI is InChI=1S/C9H10N2O/c1-2-8(10)9-5-3-4-7(6-12)11-9/h2-6,8H,1,10H2/t8-/m0/s1. The molecule has 0 unspecified atom stereocenters. The van der Waals surface area contributed by atoms with Crippen molar-refractivity contribution < 1.29 is 4.79 Å². The van der Waals surface area contributed by atoms with E-state index in [-0.39, 0.29) is 6.04 Å². The van der Waals surface area contributed by atoms with Crippen LogP contribution in [0.15, 0.2) is 30.9 Å². The van der Waals surface area contributed by atoms with Gasteiger partial charge < -0.3 is 5.73 Å². The van der Waals surface area contributed by atoms with Crippen molar-refractivity contribution in [1.29, 1.82) is 0 Å². The lowest BCUT2D eigenvalue weighted by molar-refractivity contribution is 0.111. The fourth-order valence-corrected chi connectivity index (χ4v) is 0.841. The SMILES string of the molecule is C=C[C@H](N)c1cccc(C=O)n1. The van der Waals surface area contributed by atoms with Gasteiger partial charge in [-0.2, -0.15) is 0 Å². The van der Waals surface area contributed by atoms with Crippen LogP contribution in [0.25, 0.3) is 0 Å². The van der Waals surface area contributed by atoms with Gasteiger partial charge >= 0.3 is 0 Å². The average molecular weight is 162 g/mol. The summed E-state index contributed by atoms with van der Waals surface area (Å²) in [7, 11) is 0. The Morgan fingerprint density at radius 1 is 1.58 bits per heavy atom. The van der Waals surface area contributed by atoms with Crippen LogP contribution in [0.4, 0.5) is 0 Å². The minimum Gasteiger partial charge on any atom is -0.319 e. The third kappa shape index (κ3) is 1.77.